The third-order valence-electron chi connectivity index (χ3n) is 4.14. The lowest BCUT2D eigenvalue weighted by Crippen LogP contribution is -2.46. The highest BCUT2D eigenvalue weighted by atomic mass is 16.5. The quantitative estimate of drug-likeness (QED) is 0.874. The van der Waals surface area contributed by atoms with E-state index in [1.165, 1.54) is 0 Å². The minimum atomic E-state index is 0.493. The number of anilines is 1. The zero-order valence-electron chi connectivity index (χ0n) is 13.7. The van der Waals surface area contributed by atoms with E-state index in [0.717, 1.165) is 36.6 Å². The first-order chi connectivity index (χ1) is 10.2. The van der Waals surface area contributed by atoms with Gasteiger partial charge in [0.25, 0.3) is 0 Å². The zero-order valence-corrected chi connectivity index (χ0v) is 13.7. The Balaban J connectivity index is 2.24. The number of nitrogens with one attached hydrogen (secondary N) is 1. The average Bonchev–Trinajstić information content (AvgIpc) is 2.49. The molecule has 1 aliphatic rings. The van der Waals surface area contributed by atoms with E-state index < -0.39 is 0 Å². The van der Waals surface area contributed by atoms with Crippen molar-refractivity contribution in [1.82, 2.24) is 5.32 Å². The molecule has 1 N–H and O–H groups in total. The second-order valence-electron chi connectivity index (χ2n) is 5.55. The molecule has 1 aromatic carbocycles. The van der Waals surface area contributed by atoms with Crippen molar-refractivity contribution < 1.29 is 9.47 Å². The SMILES string of the molecule is CCOc1ccc(OCC)c(N2CCC(NC)CC2C)c1. The number of piperidine rings is 1. The first kappa shape index (κ1) is 16.0. The van der Waals surface area contributed by atoms with Crippen LogP contribution in [0.15, 0.2) is 18.2 Å². The van der Waals surface area contributed by atoms with Gasteiger partial charge in [-0.3, -0.25) is 0 Å². The van der Waals surface area contributed by atoms with Crippen molar-refractivity contribution in [3.05, 3.63) is 18.2 Å². The van der Waals surface area contributed by atoms with E-state index in [-0.39, 0.29) is 0 Å². The summed E-state index contributed by atoms with van der Waals surface area (Å²) in [6, 6.07) is 7.24. The second-order valence-corrected chi connectivity index (χ2v) is 5.55. The molecule has 0 spiro atoms. The molecular formula is C17H28N2O2. The molecule has 0 bridgehead atoms. The number of ether oxygens (including phenoxy) is 2. The highest BCUT2D eigenvalue weighted by Gasteiger charge is 2.26. The van der Waals surface area contributed by atoms with Crippen molar-refractivity contribution in [2.45, 2.75) is 45.7 Å². The highest BCUT2D eigenvalue weighted by molar-refractivity contribution is 5.62. The number of hydrogen-bond donors (Lipinski definition) is 1. The summed E-state index contributed by atoms with van der Waals surface area (Å²) < 4.78 is 11.5. The second kappa shape index (κ2) is 7.55. The molecule has 1 heterocycles. The van der Waals surface area contributed by atoms with E-state index in [4.69, 9.17) is 9.47 Å². The summed E-state index contributed by atoms with van der Waals surface area (Å²) in [6.07, 6.45) is 2.31. The van der Waals surface area contributed by atoms with Crippen LogP contribution in [-0.2, 0) is 0 Å². The third-order valence-corrected chi connectivity index (χ3v) is 4.14. The standard InChI is InChI=1S/C17H28N2O2/c1-5-20-15-7-8-17(21-6-2)16(12-15)19-10-9-14(18-4)11-13(19)3/h7-8,12-14,18H,5-6,9-11H2,1-4H3. The van der Waals surface area contributed by atoms with Crippen LogP contribution in [0.5, 0.6) is 11.5 Å². The molecule has 0 radical (unpaired) electrons. The van der Waals surface area contributed by atoms with Crippen molar-refractivity contribution in [2.24, 2.45) is 0 Å². The van der Waals surface area contributed by atoms with Crippen LogP contribution in [-0.4, -0.2) is 38.9 Å². The fourth-order valence-corrected chi connectivity index (χ4v) is 3.05. The molecule has 21 heavy (non-hydrogen) atoms. The van der Waals surface area contributed by atoms with E-state index in [1.807, 2.05) is 33.0 Å². The molecule has 0 amide bonds. The largest absolute Gasteiger partial charge is 0.494 e. The lowest BCUT2D eigenvalue weighted by molar-refractivity contribution is 0.326. The van der Waals surface area contributed by atoms with Crippen LogP contribution in [0, 0.1) is 0 Å². The highest BCUT2D eigenvalue weighted by Crippen LogP contribution is 2.36. The molecule has 1 saturated heterocycles. The molecule has 4 heteroatoms. The molecule has 1 aromatic rings. The Morgan fingerprint density at radius 2 is 2.00 bits per heavy atom. The van der Waals surface area contributed by atoms with Crippen molar-refractivity contribution in [3.8, 4) is 11.5 Å². The molecule has 1 aliphatic heterocycles. The van der Waals surface area contributed by atoms with Crippen LogP contribution in [0.25, 0.3) is 0 Å². The molecule has 0 aromatic heterocycles. The lowest BCUT2D eigenvalue weighted by atomic mass is 9.97. The van der Waals surface area contributed by atoms with Gasteiger partial charge in [0.15, 0.2) is 0 Å². The summed E-state index contributed by atoms with van der Waals surface area (Å²) in [4.78, 5) is 2.45. The maximum atomic E-state index is 5.81. The van der Waals surface area contributed by atoms with E-state index in [1.54, 1.807) is 0 Å². The number of rotatable bonds is 6. The molecule has 2 unspecified atom stereocenters. The molecule has 2 rings (SSSR count). The van der Waals surface area contributed by atoms with Gasteiger partial charge in [0.05, 0.1) is 18.9 Å². The Morgan fingerprint density at radius 1 is 1.24 bits per heavy atom. The predicted octanol–water partition coefficient (Wildman–Crippen LogP) is 3.06. The molecule has 118 valence electrons. The molecular weight excluding hydrogens is 264 g/mol. The molecule has 1 fully saturated rings. The van der Waals surface area contributed by atoms with Crippen LogP contribution < -0.4 is 19.7 Å². The van der Waals surface area contributed by atoms with Crippen LogP contribution in [0.1, 0.15) is 33.6 Å². The third kappa shape index (κ3) is 3.82. The maximum Gasteiger partial charge on any atom is 0.142 e. The normalized spacial score (nSPS) is 22.2. The van der Waals surface area contributed by atoms with Crippen LogP contribution in [0.4, 0.5) is 5.69 Å². The van der Waals surface area contributed by atoms with Crippen LogP contribution in [0.2, 0.25) is 0 Å². The molecule has 0 saturated carbocycles. The predicted molar refractivity (Wildman–Crippen MR) is 87.7 cm³/mol. The summed E-state index contributed by atoms with van der Waals surface area (Å²) in [5.41, 5.74) is 1.16. The molecule has 2 atom stereocenters. The lowest BCUT2D eigenvalue weighted by Gasteiger charge is -2.40. The van der Waals surface area contributed by atoms with Gasteiger partial charge in [-0.05, 0) is 52.8 Å². The Labute approximate surface area is 128 Å². The van der Waals surface area contributed by atoms with Crippen molar-refractivity contribution in [3.63, 3.8) is 0 Å². The molecule has 0 aliphatic carbocycles. The smallest absolute Gasteiger partial charge is 0.142 e. The summed E-state index contributed by atoms with van der Waals surface area (Å²) in [6.45, 7) is 8.73. The summed E-state index contributed by atoms with van der Waals surface area (Å²) in [5.74, 6) is 1.87. The summed E-state index contributed by atoms with van der Waals surface area (Å²) in [5, 5.41) is 3.40. The van der Waals surface area contributed by atoms with Gasteiger partial charge in [0.2, 0.25) is 0 Å². The van der Waals surface area contributed by atoms with Gasteiger partial charge >= 0.3 is 0 Å². The van der Waals surface area contributed by atoms with Gasteiger partial charge in [-0.25, -0.2) is 0 Å². The number of hydrogen-bond acceptors (Lipinski definition) is 4. The monoisotopic (exact) mass is 292 g/mol. The maximum absolute atomic E-state index is 5.81. The van der Waals surface area contributed by atoms with Crippen LogP contribution in [0.3, 0.4) is 0 Å². The molecule has 4 nitrogen and oxygen atoms in total. The van der Waals surface area contributed by atoms with Gasteiger partial charge < -0.3 is 19.7 Å². The zero-order chi connectivity index (χ0) is 15.2. The van der Waals surface area contributed by atoms with E-state index >= 15 is 0 Å². The Morgan fingerprint density at radius 3 is 2.62 bits per heavy atom. The van der Waals surface area contributed by atoms with E-state index in [9.17, 15) is 0 Å². The van der Waals surface area contributed by atoms with E-state index in [2.05, 4.69) is 23.2 Å². The average molecular weight is 292 g/mol. The fraction of sp³-hybridized carbons (Fsp3) is 0.647. The Hall–Kier alpha value is -1.42. The fourth-order valence-electron chi connectivity index (χ4n) is 3.05. The minimum Gasteiger partial charge on any atom is -0.494 e. The first-order valence-electron chi connectivity index (χ1n) is 8.03. The number of benzene rings is 1. The summed E-state index contributed by atoms with van der Waals surface area (Å²) >= 11 is 0. The summed E-state index contributed by atoms with van der Waals surface area (Å²) in [7, 11) is 2.05. The number of nitrogens with zero attached hydrogens (tertiary/aromatic N) is 1. The van der Waals surface area contributed by atoms with E-state index in [0.29, 0.717) is 25.3 Å². The topological polar surface area (TPSA) is 33.7 Å². The van der Waals surface area contributed by atoms with Crippen molar-refractivity contribution in [2.75, 3.05) is 31.7 Å². The van der Waals surface area contributed by atoms with Gasteiger partial charge in [-0.2, -0.15) is 0 Å². The van der Waals surface area contributed by atoms with Crippen molar-refractivity contribution >= 4 is 5.69 Å². The Bertz CT molecular complexity index is 450. The van der Waals surface area contributed by atoms with Crippen molar-refractivity contribution in [1.29, 1.82) is 0 Å². The minimum absolute atomic E-state index is 0.493. The van der Waals surface area contributed by atoms with Gasteiger partial charge in [0.1, 0.15) is 11.5 Å². The van der Waals surface area contributed by atoms with Gasteiger partial charge in [0, 0.05) is 24.7 Å². The van der Waals surface area contributed by atoms with Gasteiger partial charge in [-0.1, -0.05) is 0 Å². The van der Waals surface area contributed by atoms with Gasteiger partial charge in [-0.15, -0.1) is 0 Å². The Kier molecular flexibility index (Phi) is 5.74. The van der Waals surface area contributed by atoms with Crippen LogP contribution >= 0.6 is 0 Å². The first-order valence-corrected chi connectivity index (χ1v) is 8.03.